The van der Waals surface area contributed by atoms with Crippen LogP contribution in [0.15, 0.2) is 60.9 Å². The zero-order valence-electron chi connectivity index (χ0n) is 17.4. The van der Waals surface area contributed by atoms with Crippen LogP contribution in [0.4, 0.5) is 5.69 Å². The van der Waals surface area contributed by atoms with Crippen LogP contribution in [-0.4, -0.2) is 40.0 Å². The molecular weight excluding hydrogens is 370 g/mol. The summed E-state index contributed by atoms with van der Waals surface area (Å²) in [4.78, 5) is 7.86. The predicted molar refractivity (Wildman–Crippen MR) is 119 cm³/mol. The van der Waals surface area contributed by atoms with Gasteiger partial charge in [0.25, 0.3) is 5.84 Å². The molecule has 5 heteroatoms. The van der Waals surface area contributed by atoms with E-state index in [9.17, 15) is 5.26 Å². The van der Waals surface area contributed by atoms with Gasteiger partial charge in [0.05, 0.1) is 32.0 Å². The lowest BCUT2D eigenvalue weighted by Crippen LogP contribution is -2.61. The Hall–Kier alpha value is -3.23. The average molecular weight is 398 g/mol. The lowest BCUT2D eigenvalue weighted by molar-refractivity contribution is -0.410. The van der Waals surface area contributed by atoms with Gasteiger partial charge in [-0.25, -0.2) is 9.47 Å². The van der Waals surface area contributed by atoms with Crippen molar-refractivity contribution in [1.29, 1.82) is 5.26 Å². The zero-order chi connectivity index (χ0) is 20.6. The summed E-state index contributed by atoms with van der Waals surface area (Å²) >= 11 is 0. The van der Waals surface area contributed by atoms with Crippen LogP contribution in [0.1, 0.15) is 30.7 Å². The number of nitrogens with one attached hydrogen (secondary N) is 1. The maximum Gasteiger partial charge on any atom is 0.463 e. The van der Waals surface area contributed by atoms with Gasteiger partial charge in [-0.2, -0.15) is 0 Å². The highest BCUT2D eigenvalue weighted by atomic mass is 15.4. The van der Waals surface area contributed by atoms with Crippen molar-refractivity contribution in [1.82, 2.24) is 14.5 Å². The number of nitriles is 1. The summed E-state index contributed by atoms with van der Waals surface area (Å²) < 4.78 is 2.60. The number of aromatic amines is 1. The molecule has 2 heterocycles. The number of H-pyrrole nitrogens is 1. The van der Waals surface area contributed by atoms with Crippen molar-refractivity contribution >= 4 is 11.5 Å². The fourth-order valence-electron chi connectivity index (χ4n) is 5.50. The van der Waals surface area contributed by atoms with Crippen LogP contribution in [0.25, 0.3) is 11.1 Å². The molecule has 1 aromatic heterocycles. The monoisotopic (exact) mass is 397 g/mol. The van der Waals surface area contributed by atoms with Crippen LogP contribution in [-0.2, 0) is 12.8 Å². The van der Waals surface area contributed by atoms with E-state index in [1.807, 2.05) is 19.4 Å². The van der Waals surface area contributed by atoms with Crippen molar-refractivity contribution < 1.29 is 4.58 Å². The first-order valence-electron chi connectivity index (χ1n) is 10.8. The number of amidine groups is 1. The number of aryl methyl sites for hydroxylation is 1. The Morgan fingerprint density at radius 2 is 1.83 bits per heavy atom. The Morgan fingerprint density at radius 3 is 2.60 bits per heavy atom. The Labute approximate surface area is 177 Å². The van der Waals surface area contributed by atoms with E-state index in [1.54, 1.807) is 4.58 Å². The van der Waals surface area contributed by atoms with Crippen LogP contribution in [0, 0.1) is 11.5 Å². The minimum atomic E-state index is 0.411. The standard InChI is InChI=1S/C25H27N5/c1-29(17-26)25-8-5-15-30(25,22-13-14-23-24(16-22)28-18-27-23)21-11-9-20(10-12-21)19-6-3-2-4-7-19/h2-4,6-7,9-12,18,22H,5,8,13-16H2,1H3,(H,27,28)/q+2. The predicted octanol–water partition coefficient (Wildman–Crippen LogP) is 4.26. The largest absolute Gasteiger partial charge is 0.463 e. The van der Waals surface area contributed by atoms with Crippen LogP contribution < -0.4 is 4.48 Å². The molecule has 5 rings (SSSR count). The van der Waals surface area contributed by atoms with Crippen molar-refractivity contribution in [2.24, 2.45) is 0 Å². The van der Waals surface area contributed by atoms with Gasteiger partial charge in [-0.3, -0.25) is 0 Å². The van der Waals surface area contributed by atoms with Gasteiger partial charge in [0, 0.05) is 37.1 Å². The summed E-state index contributed by atoms with van der Waals surface area (Å²) in [7, 11) is 1.91. The van der Waals surface area contributed by atoms with E-state index >= 15 is 0 Å². The molecular formula is C25H27N5+2. The molecule has 1 saturated heterocycles. The van der Waals surface area contributed by atoms with Gasteiger partial charge in [0.15, 0.2) is 5.26 Å². The molecule has 30 heavy (non-hydrogen) atoms. The number of aromatic nitrogens is 2. The van der Waals surface area contributed by atoms with E-state index in [2.05, 4.69) is 64.7 Å². The summed E-state index contributed by atoms with van der Waals surface area (Å²) in [6.07, 6.45) is 9.33. The SMILES string of the molecule is C[N+](C#N)=C1CCC[N+]1(c1ccc(-c2ccccc2)cc1)C1CCc2nc[nH]c2C1. The maximum absolute atomic E-state index is 9.72. The third-order valence-corrected chi connectivity index (χ3v) is 6.93. The van der Waals surface area contributed by atoms with E-state index in [0.29, 0.717) is 6.04 Å². The fourth-order valence-corrected chi connectivity index (χ4v) is 5.50. The lowest BCUT2D eigenvalue weighted by Gasteiger charge is -2.41. The van der Waals surface area contributed by atoms with Crippen LogP contribution >= 0.6 is 0 Å². The van der Waals surface area contributed by atoms with Gasteiger partial charge >= 0.3 is 6.19 Å². The van der Waals surface area contributed by atoms with Crippen molar-refractivity contribution in [3.63, 3.8) is 0 Å². The normalized spacial score (nSPS) is 24.9. The minimum Gasteiger partial charge on any atom is -0.348 e. The average Bonchev–Trinajstić information content (AvgIpc) is 3.46. The molecule has 2 unspecified atom stereocenters. The molecule has 2 aromatic carbocycles. The molecule has 2 atom stereocenters. The lowest BCUT2D eigenvalue weighted by atomic mass is 9.91. The van der Waals surface area contributed by atoms with Gasteiger partial charge in [-0.15, -0.1) is 4.58 Å². The van der Waals surface area contributed by atoms with E-state index in [0.717, 1.165) is 43.1 Å². The molecule has 1 aliphatic carbocycles. The Morgan fingerprint density at radius 1 is 1.07 bits per heavy atom. The molecule has 0 saturated carbocycles. The first-order chi connectivity index (χ1) is 14.7. The number of hydrogen-bond donors (Lipinski definition) is 1. The highest BCUT2D eigenvalue weighted by Gasteiger charge is 2.51. The van der Waals surface area contributed by atoms with Gasteiger partial charge in [0.2, 0.25) is 0 Å². The highest BCUT2D eigenvalue weighted by Crippen LogP contribution is 2.39. The summed E-state index contributed by atoms with van der Waals surface area (Å²) in [5.41, 5.74) is 6.22. The van der Waals surface area contributed by atoms with E-state index in [1.165, 1.54) is 34.0 Å². The maximum atomic E-state index is 9.72. The molecule has 1 aliphatic heterocycles. The second-order valence-corrected chi connectivity index (χ2v) is 8.41. The molecule has 0 radical (unpaired) electrons. The number of likely N-dealkylation sites (tertiary alicyclic amines) is 1. The van der Waals surface area contributed by atoms with Gasteiger partial charge in [0.1, 0.15) is 11.7 Å². The minimum absolute atomic E-state index is 0.411. The summed E-state index contributed by atoms with van der Waals surface area (Å²) in [6, 6.07) is 19.9. The summed E-state index contributed by atoms with van der Waals surface area (Å²) in [5.74, 6) is 1.22. The van der Waals surface area contributed by atoms with E-state index < -0.39 is 0 Å². The first-order valence-corrected chi connectivity index (χ1v) is 10.8. The highest BCUT2D eigenvalue weighted by molar-refractivity contribution is 5.92. The summed E-state index contributed by atoms with van der Waals surface area (Å²) in [5, 5.41) is 9.72. The number of rotatable bonds is 3. The number of imidazole rings is 1. The molecule has 2 aliphatic rings. The molecule has 1 N–H and O–H groups in total. The Balaban J connectivity index is 1.60. The number of fused-ring (bicyclic) bond motifs is 1. The number of benzene rings is 2. The topological polar surface area (TPSA) is 55.5 Å². The third-order valence-electron chi connectivity index (χ3n) is 6.93. The molecule has 0 bridgehead atoms. The second-order valence-electron chi connectivity index (χ2n) is 8.41. The van der Waals surface area contributed by atoms with Gasteiger partial charge in [-0.05, 0) is 29.7 Å². The molecule has 150 valence electrons. The second kappa shape index (κ2) is 7.55. The molecule has 3 aromatic rings. The Kier molecular flexibility index (Phi) is 4.72. The zero-order valence-corrected chi connectivity index (χ0v) is 17.4. The van der Waals surface area contributed by atoms with E-state index in [4.69, 9.17) is 0 Å². The Bertz CT molecular complexity index is 1120. The third kappa shape index (κ3) is 2.96. The van der Waals surface area contributed by atoms with Crippen molar-refractivity contribution in [2.45, 2.75) is 38.1 Å². The van der Waals surface area contributed by atoms with Crippen LogP contribution in [0.2, 0.25) is 0 Å². The molecule has 1 fully saturated rings. The molecule has 0 spiro atoms. The first kappa shape index (κ1) is 18.8. The number of quaternary nitrogens is 1. The van der Waals surface area contributed by atoms with Crippen molar-refractivity contribution in [3.8, 4) is 17.3 Å². The number of nitrogens with zero attached hydrogens (tertiary/aromatic N) is 4. The smallest absolute Gasteiger partial charge is 0.348 e. The quantitative estimate of drug-likeness (QED) is 0.311. The number of hydrogen-bond acceptors (Lipinski definition) is 2. The van der Waals surface area contributed by atoms with E-state index in [-0.39, 0.29) is 0 Å². The van der Waals surface area contributed by atoms with Crippen LogP contribution in [0.3, 0.4) is 0 Å². The molecule has 5 nitrogen and oxygen atoms in total. The van der Waals surface area contributed by atoms with Gasteiger partial charge in [-0.1, -0.05) is 30.3 Å². The fraction of sp³-hybridized carbons (Fsp3) is 0.320. The molecule has 0 amide bonds. The van der Waals surface area contributed by atoms with Crippen molar-refractivity contribution in [3.05, 3.63) is 72.3 Å². The van der Waals surface area contributed by atoms with Crippen molar-refractivity contribution in [2.75, 3.05) is 13.6 Å². The van der Waals surface area contributed by atoms with Crippen LogP contribution in [0.5, 0.6) is 0 Å². The summed E-state index contributed by atoms with van der Waals surface area (Å²) in [6.45, 7) is 1.04. The van der Waals surface area contributed by atoms with Gasteiger partial charge < -0.3 is 4.98 Å².